The first-order valence-corrected chi connectivity index (χ1v) is 11.5. The van der Waals surface area contributed by atoms with E-state index in [1.54, 1.807) is 20.3 Å². The van der Waals surface area contributed by atoms with Crippen LogP contribution >= 0.6 is 0 Å². The number of nitrogens with one attached hydrogen (secondary N) is 1. The number of rotatable bonds is 7. The molecule has 0 atom stereocenters. The highest BCUT2D eigenvalue weighted by Crippen LogP contribution is 2.36. The molecule has 0 spiro atoms. The van der Waals surface area contributed by atoms with E-state index in [1.807, 2.05) is 31.2 Å². The molecule has 1 aromatic heterocycles. The molecule has 0 fully saturated rings. The lowest BCUT2D eigenvalue weighted by Gasteiger charge is -2.32. The first-order chi connectivity index (χ1) is 16.2. The maximum absolute atomic E-state index is 12.7. The predicted octanol–water partition coefficient (Wildman–Crippen LogP) is 4.12. The largest absolute Gasteiger partial charge is 0.493 e. The van der Waals surface area contributed by atoms with E-state index in [9.17, 15) is 9.59 Å². The van der Waals surface area contributed by atoms with Crippen molar-refractivity contribution in [2.24, 2.45) is 0 Å². The third kappa shape index (κ3) is 4.88. The lowest BCUT2D eigenvalue weighted by molar-refractivity contribution is -0.120. The molecule has 2 aromatic carbocycles. The molecule has 0 aliphatic carbocycles. The summed E-state index contributed by atoms with van der Waals surface area (Å²) in [5.74, 6) is 1.84. The maximum Gasteiger partial charge on any atom is 0.340 e. The summed E-state index contributed by atoms with van der Waals surface area (Å²) >= 11 is 0. The molecule has 2 heterocycles. The molecular weight excluding hydrogens is 434 g/mol. The summed E-state index contributed by atoms with van der Waals surface area (Å²) < 4.78 is 22.2. The molecule has 180 valence electrons. The van der Waals surface area contributed by atoms with Crippen molar-refractivity contribution in [2.45, 2.75) is 52.1 Å². The van der Waals surface area contributed by atoms with E-state index in [-0.39, 0.29) is 17.9 Å². The predicted molar refractivity (Wildman–Crippen MR) is 130 cm³/mol. The van der Waals surface area contributed by atoms with Crippen molar-refractivity contribution in [3.05, 3.63) is 63.0 Å². The lowest BCUT2D eigenvalue weighted by Crippen LogP contribution is -2.32. The van der Waals surface area contributed by atoms with Crippen molar-refractivity contribution in [2.75, 3.05) is 20.8 Å². The van der Waals surface area contributed by atoms with Crippen LogP contribution in [0.2, 0.25) is 0 Å². The van der Waals surface area contributed by atoms with Crippen LogP contribution < -0.4 is 25.2 Å². The van der Waals surface area contributed by atoms with Gasteiger partial charge in [0.05, 0.1) is 26.2 Å². The highest BCUT2D eigenvalue weighted by Gasteiger charge is 2.27. The molecule has 3 aromatic rings. The van der Waals surface area contributed by atoms with E-state index in [2.05, 4.69) is 19.2 Å². The van der Waals surface area contributed by atoms with Gasteiger partial charge < -0.3 is 23.9 Å². The van der Waals surface area contributed by atoms with Gasteiger partial charge in [0.1, 0.15) is 16.9 Å². The van der Waals surface area contributed by atoms with Crippen molar-refractivity contribution < 1.29 is 23.4 Å². The molecule has 1 amide bonds. The lowest BCUT2D eigenvalue weighted by atomic mass is 9.92. The van der Waals surface area contributed by atoms with Crippen molar-refractivity contribution in [3.63, 3.8) is 0 Å². The number of carbonyl (C=O) groups excluding carboxylic acids is 1. The Hall–Kier alpha value is -3.48. The number of carbonyl (C=O) groups is 1. The van der Waals surface area contributed by atoms with Gasteiger partial charge in [-0.15, -0.1) is 0 Å². The van der Waals surface area contributed by atoms with Crippen LogP contribution in [0.15, 0.2) is 39.5 Å². The molecule has 0 saturated carbocycles. The fourth-order valence-electron chi connectivity index (χ4n) is 4.35. The minimum Gasteiger partial charge on any atom is -0.493 e. The number of hydrogen-bond donors (Lipinski definition) is 1. The van der Waals surface area contributed by atoms with Crippen LogP contribution in [0.25, 0.3) is 11.0 Å². The SMILES string of the molecule is COc1ccc(CCNC(=O)Cc2c(C)c3cc4c(cc3oc2=O)OC(C)(C)CC4)cc1OC. The van der Waals surface area contributed by atoms with Crippen LogP contribution in [0.1, 0.15) is 42.5 Å². The van der Waals surface area contributed by atoms with Crippen LogP contribution in [-0.4, -0.2) is 32.3 Å². The summed E-state index contributed by atoms with van der Waals surface area (Å²) in [7, 11) is 3.18. The second-order valence-corrected chi connectivity index (χ2v) is 9.28. The summed E-state index contributed by atoms with van der Waals surface area (Å²) in [4.78, 5) is 25.3. The van der Waals surface area contributed by atoms with Gasteiger partial charge in [0, 0.05) is 18.0 Å². The van der Waals surface area contributed by atoms with Crippen LogP contribution in [0.4, 0.5) is 0 Å². The van der Waals surface area contributed by atoms with Gasteiger partial charge in [0.15, 0.2) is 11.5 Å². The molecule has 1 aliphatic heterocycles. The second-order valence-electron chi connectivity index (χ2n) is 9.28. The van der Waals surface area contributed by atoms with Gasteiger partial charge in [-0.25, -0.2) is 4.79 Å². The first kappa shape index (κ1) is 23.7. The maximum atomic E-state index is 12.7. The Morgan fingerprint density at radius 2 is 1.88 bits per heavy atom. The van der Waals surface area contributed by atoms with Crippen molar-refractivity contribution in [1.29, 1.82) is 0 Å². The highest BCUT2D eigenvalue weighted by atomic mass is 16.5. The smallest absolute Gasteiger partial charge is 0.340 e. The molecule has 4 rings (SSSR count). The van der Waals surface area contributed by atoms with Gasteiger partial charge in [0.2, 0.25) is 5.91 Å². The number of amides is 1. The van der Waals surface area contributed by atoms with Gasteiger partial charge in [-0.2, -0.15) is 0 Å². The Morgan fingerprint density at radius 3 is 2.62 bits per heavy atom. The van der Waals surface area contributed by atoms with Crippen LogP contribution in [0.3, 0.4) is 0 Å². The summed E-state index contributed by atoms with van der Waals surface area (Å²) in [5, 5.41) is 3.74. The quantitative estimate of drug-likeness (QED) is 0.528. The average Bonchev–Trinajstić information content (AvgIpc) is 2.80. The van der Waals surface area contributed by atoms with Gasteiger partial charge in [-0.1, -0.05) is 6.07 Å². The number of benzene rings is 2. The number of hydrogen-bond acceptors (Lipinski definition) is 6. The van der Waals surface area contributed by atoms with Crippen molar-refractivity contribution in [1.82, 2.24) is 5.32 Å². The molecule has 1 aliphatic rings. The van der Waals surface area contributed by atoms with Gasteiger partial charge in [-0.3, -0.25) is 4.79 Å². The number of aryl methyl sites for hydroxylation is 2. The average molecular weight is 466 g/mol. The summed E-state index contributed by atoms with van der Waals surface area (Å²) in [6.45, 7) is 6.40. The molecule has 7 nitrogen and oxygen atoms in total. The highest BCUT2D eigenvalue weighted by molar-refractivity contribution is 5.86. The fraction of sp³-hybridized carbons (Fsp3) is 0.407. The van der Waals surface area contributed by atoms with Crippen LogP contribution in [0.5, 0.6) is 17.2 Å². The zero-order valence-corrected chi connectivity index (χ0v) is 20.4. The molecular formula is C27H31NO6. The first-order valence-electron chi connectivity index (χ1n) is 11.5. The normalized spacial score (nSPS) is 14.3. The Labute approximate surface area is 199 Å². The topological polar surface area (TPSA) is 87.0 Å². The zero-order chi connectivity index (χ0) is 24.5. The number of methoxy groups -OCH3 is 2. The Kier molecular flexibility index (Phi) is 6.55. The minimum atomic E-state index is -0.491. The molecule has 0 unspecified atom stereocenters. The molecule has 0 saturated heterocycles. The third-order valence-electron chi connectivity index (χ3n) is 6.37. The molecule has 0 radical (unpaired) electrons. The molecule has 1 N–H and O–H groups in total. The third-order valence-corrected chi connectivity index (χ3v) is 6.37. The summed E-state index contributed by atoms with van der Waals surface area (Å²) in [5.41, 5.74) is 3.00. The Balaban J connectivity index is 1.46. The monoisotopic (exact) mass is 465 g/mol. The van der Waals surface area contributed by atoms with E-state index in [1.165, 1.54) is 0 Å². The Bertz CT molecular complexity index is 1290. The molecule has 0 bridgehead atoms. The fourth-order valence-corrected chi connectivity index (χ4v) is 4.35. The van der Waals surface area contributed by atoms with E-state index in [0.29, 0.717) is 35.6 Å². The van der Waals surface area contributed by atoms with E-state index < -0.39 is 5.63 Å². The van der Waals surface area contributed by atoms with Crippen molar-refractivity contribution >= 4 is 16.9 Å². The van der Waals surface area contributed by atoms with E-state index >= 15 is 0 Å². The number of fused-ring (bicyclic) bond motifs is 2. The molecule has 34 heavy (non-hydrogen) atoms. The van der Waals surface area contributed by atoms with Gasteiger partial charge in [0.25, 0.3) is 0 Å². The number of ether oxygens (including phenoxy) is 3. The standard InChI is InChI=1S/C27H31NO6/c1-16-19-13-18-8-10-27(2,3)34-22(18)15-23(19)33-26(30)20(16)14-25(29)28-11-9-17-6-7-21(31-4)24(12-17)32-5/h6-7,12-13,15H,8-11,14H2,1-5H3,(H,28,29). The second kappa shape index (κ2) is 9.41. The minimum absolute atomic E-state index is 0.0311. The zero-order valence-electron chi connectivity index (χ0n) is 20.4. The van der Waals surface area contributed by atoms with Gasteiger partial charge in [-0.05, 0) is 74.9 Å². The van der Waals surface area contributed by atoms with E-state index in [0.717, 1.165) is 40.7 Å². The van der Waals surface area contributed by atoms with Crippen LogP contribution in [-0.2, 0) is 24.1 Å². The van der Waals surface area contributed by atoms with Gasteiger partial charge >= 0.3 is 5.63 Å². The van der Waals surface area contributed by atoms with Crippen LogP contribution in [0, 0.1) is 6.92 Å². The van der Waals surface area contributed by atoms with E-state index in [4.69, 9.17) is 18.6 Å². The van der Waals surface area contributed by atoms with Crippen molar-refractivity contribution in [3.8, 4) is 17.2 Å². The summed E-state index contributed by atoms with van der Waals surface area (Å²) in [6.07, 6.45) is 2.40. The summed E-state index contributed by atoms with van der Waals surface area (Å²) in [6, 6.07) is 9.48. The molecule has 7 heteroatoms. The Morgan fingerprint density at radius 1 is 1.12 bits per heavy atom.